The largest absolute Gasteiger partial charge is 0.489 e. The molecule has 4 aliphatic carbocycles. The van der Waals surface area contributed by atoms with E-state index in [2.05, 4.69) is 39.4 Å². The maximum absolute atomic E-state index is 6.17. The Balaban J connectivity index is 1.26. The van der Waals surface area contributed by atoms with E-state index in [1.807, 2.05) is 24.3 Å². The summed E-state index contributed by atoms with van der Waals surface area (Å²) in [4.78, 5) is 0. The van der Waals surface area contributed by atoms with Crippen LogP contribution in [0, 0.1) is 23.7 Å². The van der Waals surface area contributed by atoms with Gasteiger partial charge >= 0.3 is 0 Å². The highest BCUT2D eigenvalue weighted by Gasteiger charge is 2.47. The predicted molar refractivity (Wildman–Crippen MR) is 118 cm³/mol. The third kappa shape index (κ3) is 3.99. The van der Waals surface area contributed by atoms with Crippen molar-refractivity contribution in [3.05, 3.63) is 63.1 Å². The van der Waals surface area contributed by atoms with Crippen molar-refractivity contribution in [2.75, 3.05) is 0 Å². The van der Waals surface area contributed by atoms with Gasteiger partial charge in [0.2, 0.25) is 0 Å². The number of halogens is 2. The molecular weight excluding hydrogens is 434 g/mol. The number of hydrogen-bond acceptors (Lipinski definition) is 2. The molecule has 0 spiro atoms. The fourth-order valence-corrected chi connectivity index (χ4v) is 6.59. The lowest BCUT2D eigenvalue weighted by Crippen LogP contribution is -2.54. The molecule has 0 aliphatic heterocycles. The van der Waals surface area contributed by atoms with Crippen LogP contribution >= 0.6 is 27.5 Å². The van der Waals surface area contributed by atoms with Gasteiger partial charge in [0, 0.05) is 27.6 Å². The summed E-state index contributed by atoms with van der Waals surface area (Å²) >= 11 is 9.61. The second kappa shape index (κ2) is 8.01. The van der Waals surface area contributed by atoms with Crippen molar-refractivity contribution in [3.63, 3.8) is 0 Å². The maximum Gasteiger partial charge on any atom is 0.124 e. The minimum Gasteiger partial charge on any atom is -0.489 e. The zero-order chi connectivity index (χ0) is 19.1. The summed E-state index contributed by atoms with van der Waals surface area (Å²) in [5, 5.41) is 4.69. The van der Waals surface area contributed by atoms with Gasteiger partial charge in [-0.05, 0) is 91.7 Å². The Labute approximate surface area is 181 Å². The monoisotopic (exact) mass is 459 g/mol. The van der Waals surface area contributed by atoms with Gasteiger partial charge in [-0.25, -0.2) is 0 Å². The van der Waals surface area contributed by atoms with Crippen LogP contribution in [0.4, 0.5) is 0 Å². The van der Waals surface area contributed by atoms with Crippen LogP contribution in [0.2, 0.25) is 5.02 Å². The van der Waals surface area contributed by atoms with Gasteiger partial charge in [-0.3, -0.25) is 0 Å². The number of benzene rings is 2. The molecular formula is C24H27BrClNO. The first kappa shape index (κ1) is 19.0. The molecule has 4 saturated carbocycles. The lowest BCUT2D eigenvalue weighted by molar-refractivity contribution is -0.0143. The molecule has 148 valence electrons. The van der Waals surface area contributed by atoms with Crippen molar-refractivity contribution >= 4 is 27.5 Å². The van der Waals surface area contributed by atoms with Gasteiger partial charge in [0.25, 0.3) is 0 Å². The summed E-state index contributed by atoms with van der Waals surface area (Å²) in [6, 6.07) is 14.9. The molecule has 28 heavy (non-hydrogen) atoms. The highest BCUT2D eigenvalue weighted by atomic mass is 79.9. The second-order valence-corrected chi connectivity index (χ2v) is 10.4. The average molecular weight is 461 g/mol. The van der Waals surface area contributed by atoms with Crippen molar-refractivity contribution in [1.82, 2.24) is 5.32 Å². The molecule has 4 aliphatic rings. The Bertz CT molecular complexity index is 809. The first-order chi connectivity index (χ1) is 13.6. The van der Waals surface area contributed by atoms with E-state index in [1.54, 1.807) is 0 Å². The smallest absolute Gasteiger partial charge is 0.124 e. The first-order valence-corrected chi connectivity index (χ1v) is 11.7. The van der Waals surface area contributed by atoms with E-state index in [9.17, 15) is 0 Å². The van der Waals surface area contributed by atoms with Crippen LogP contribution in [0.25, 0.3) is 0 Å². The summed E-state index contributed by atoms with van der Waals surface area (Å²) in [5.74, 6) is 4.78. The fraction of sp³-hybridized carbons (Fsp3) is 0.500. The van der Waals surface area contributed by atoms with Crippen LogP contribution in [0.3, 0.4) is 0 Å². The van der Waals surface area contributed by atoms with E-state index in [0.29, 0.717) is 12.6 Å². The van der Waals surface area contributed by atoms with Crippen molar-refractivity contribution < 1.29 is 4.74 Å². The van der Waals surface area contributed by atoms with Gasteiger partial charge < -0.3 is 10.1 Å². The topological polar surface area (TPSA) is 21.3 Å². The number of rotatable bonds is 6. The molecule has 0 amide bonds. The van der Waals surface area contributed by atoms with Gasteiger partial charge in [0.05, 0.1) is 0 Å². The molecule has 1 N–H and O–H groups in total. The molecule has 0 heterocycles. The van der Waals surface area contributed by atoms with Crippen molar-refractivity contribution in [3.8, 4) is 5.75 Å². The molecule has 2 nitrogen and oxygen atoms in total. The van der Waals surface area contributed by atoms with E-state index < -0.39 is 0 Å². The predicted octanol–water partition coefficient (Wildman–Crippen LogP) is 6.60. The molecule has 6 rings (SSSR count). The summed E-state index contributed by atoms with van der Waals surface area (Å²) in [7, 11) is 0. The second-order valence-electron chi connectivity index (χ2n) is 9.00. The van der Waals surface area contributed by atoms with Gasteiger partial charge in [0.1, 0.15) is 12.4 Å². The molecule has 0 aromatic heterocycles. The third-order valence-corrected chi connectivity index (χ3v) is 7.83. The number of ether oxygens (including phenoxy) is 1. The van der Waals surface area contributed by atoms with Crippen molar-refractivity contribution in [1.29, 1.82) is 0 Å². The Morgan fingerprint density at radius 3 is 2.29 bits per heavy atom. The first-order valence-electron chi connectivity index (χ1n) is 10.5. The average Bonchev–Trinajstić information content (AvgIpc) is 2.67. The van der Waals surface area contributed by atoms with Gasteiger partial charge in [-0.1, -0.05) is 39.7 Å². The van der Waals surface area contributed by atoms with Crippen molar-refractivity contribution in [2.24, 2.45) is 23.7 Å². The summed E-state index contributed by atoms with van der Waals surface area (Å²) in [6.45, 7) is 1.44. The minimum absolute atomic E-state index is 0.559. The fourth-order valence-electron chi connectivity index (χ4n) is 6.05. The molecule has 0 saturated heterocycles. The lowest BCUT2D eigenvalue weighted by Gasteiger charge is -2.54. The standard InChI is InChI=1S/C24H27BrClNO/c25-21-3-6-23(28-14-15-1-4-22(26)5-2-15)20(12-21)13-27-24-18-8-16-7-17(10-18)11-19(24)9-16/h1-6,12,16-19,24,27H,7-11,13-14H2. The molecule has 2 aromatic rings. The van der Waals surface area contributed by atoms with E-state index >= 15 is 0 Å². The van der Waals surface area contributed by atoms with Gasteiger partial charge in [-0.2, -0.15) is 0 Å². The van der Waals surface area contributed by atoms with Crippen LogP contribution in [0.1, 0.15) is 43.2 Å². The minimum atomic E-state index is 0.559. The molecule has 4 fully saturated rings. The molecule has 4 heteroatoms. The highest BCUT2D eigenvalue weighted by molar-refractivity contribution is 9.10. The molecule has 0 unspecified atom stereocenters. The quantitative estimate of drug-likeness (QED) is 0.524. The van der Waals surface area contributed by atoms with Crippen LogP contribution in [-0.4, -0.2) is 6.04 Å². The SMILES string of the molecule is Clc1ccc(COc2ccc(Br)cc2CNC2C3CC4CC(C3)CC2C4)cc1. The van der Waals surface area contributed by atoms with E-state index in [4.69, 9.17) is 16.3 Å². The van der Waals surface area contributed by atoms with Gasteiger partial charge in [0.15, 0.2) is 0 Å². The van der Waals surface area contributed by atoms with Crippen molar-refractivity contribution in [2.45, 2.75) is 51.3 Å². The molecule has 4 bridgehead atoms. The molecule has 2 aromatic carbocycles. The third-order valence-electron chi connectivity index (χ3n) is 7.09. The van der Waals surface area contributed by atoms with Crippen LogP contribution in [-0.2, 0) is 13.2 Å². The zero-order valence-corrected chi connectivity index (χ0v) is 18.4. The van der Waals surface area contributed by atoms with Gasteiger partial charge in [-0.15, -0.1) is 0 Å². The zero-order valence-electron chi connectivity index (χ0n) is 16.0. The van der Waals surface area contributed by atoms with Crippen LogP contribution < -0.4 is 10.1 Å². The van der Waals surface area contributed by atoms with E-state index in [1.165, 1.54) is 37.7 Å². The number of hydrogen-bond donors (Lipinski definition) is 1. The normalized spacial score (nSPS) is 30.6. The Morgan fingerprint density at radius 2 is 1.61 bits per heavy atom. The molecule has 0 radical (unpaired) electrons. The van der Waals surface area contributed by atoms with Crippen LogP contribution in [0.5, 0.6) is 5.75 Å². The Kier molecular flexibility index (Phi) is 5.42. The summed E-state index contributed by atoms with van der Waals surface area (Å²) in [6.07, 6.45) is 7.30. The molecule has 0 atom stereocenters. The highest BCUT2D eigenvalue weighted by Crippen LogP contribution is 2.53. The Hall–Kier alpha value is -1.03. The summed E-state index contributed by atoms with van der Waals surface area (Å²) < 4.78 is 7.28. The van der Waals surface area contributed by atoms with E-state index in [0.717, 1.165) is 51.0 Å². The summed E-state index contributed by atoms with van der Waals surface area (Å²) in [5.41, 5.74) is 2.37. The number of nitrogens with one attached hydrogen (secondary N) is 1. The van der Waals surface area contributed by atoms with E-state index in [-0.39, 0.29) is 0 Å². The maximum atomic E-state index is 6.17. The Morgan fingerprint density at radius 1 is 0.929 bits per heavy atom. The van der Waals surface area contributed by atoms with Crippen LogP contribution in [0.15, 0.2) is 46.9 Å². The lowest BCUT2D eigenvalue weighted by atomic mass is 9.54.